The zero-order chi connectivity index (χ0) is 18.2. The number of halogens is 2. The summed E-state index contributed by atoms with van der Waals surface area (Å²) in [7, 11) is 1.83. The van der Waals surface area contributed by atoms with Crippen molar-refractivity contribution in [3.63, 3.8) is 0 Å². The number of guanidine groups is 1. The SMILES string of the molecule is CN=C(NCCC1=CCOCC1)NC1CCCN(c2ccccc2Cl)C1.I. The van der Waals surface area contributed by atoms with Gasteiger partial charge in [-0.3, -0.25) is 4.99 Å². The molecule has 0 bridgehead atoms. The lowest BCUT2D eigenvalue weighted by atomic mass is 10.0. The normalized spacial score (nSPS) is 20.5. The number of hydrogen-bond acceptors (Lipinski definition) is 3. The predicted molar refractivity (Wildman–Crippen MR) is 125 cm³/mol. The fourth-order valence-electron chi connectivity index (χ4n) is 3.54. The van der Waals surface area contributed by atoms with Crippen molar-refractivity contribution >= 4 is 47.2 Å². The summed E-state index contributed by atoms with van der Waals surface area (Å²) in [5, 5.41) is 7.84. The van der Waals surface area contributed by atoms with Crippen molar-refractivity contribution in [1.82, 2.24) is 10.6 Å². The Morgan fingerprint density at radius 1 is 1.37 bits per heavy atom. The number of nitrogens with one attached hydrogen (secondary N) is 2. The number of benzene rings is 1. The minimum Gasteiger partial charge on any atom is -0.377 e. The number of rotatable bonds is 5. The zero-order valence-corrected chi connectivity index (χ0v) is 19.0. The van der Waals surface area contributed by atoms with Gasteiger partial charge in [-0.1, -0.05) is 35.4 Å². The van der Waals surface area contributed by atoms with Gasteiger partial charge in [0.05, 0.1) is 23.9 Å². The van der Waals surface area contributed by atoms with Crippen molar-refractivity contribution in [2.45, 2.75) is 31.7 Å². The van der Waals surface area contributed by atoms with Gasteiger partial charge in [0.1, 0.15) is 0 Å². The molecule has 2 aliphatic rings. The molecule has 0 aliphatic carbocycles. The number of piperidine rings is 1. The van der Waals surface area contributed by atoms with Crippen LogP contribution in [0.4, 0.5) is 5.69 Å². The highest BCUT2D eigenvalue weighted by molar-refractivity contribution is 14.0. The molecule has 27 heavy (non-hydrogen) atoms. The molecule has 2 N–H and O–H groups in total. The van der Waals surface area contributed by atoms with E-state index in [4.69, 9.17) is 16.3 Å². The Bertz CT molecular complexity index is 653. The van der Waals surface area contributed by atoms with E-state index in [-0.39, 0.29) is 24.0 Å². The Balaban J connectivity index is 0.00000261. The maximum Gasteiger partial charge on any atom is 0.191 e. The second kappa shape index (κ2) is 11.8. The Morgan fingerprint density at radius 3 is 2.96 bits per heavy atom. The molecule has 150 valence electrons. The predicted octanol–water partition coefficient (Wildman–Crippen LogP) is 3.83. The molecule has 1 saturated heterocycles. The fraction of sp³-hybridized carbons (Fsp3) is 0.550. The van der Waals surface area contributed by atoms with Crippen molar-refractivity contribution in [2.24, 2.45) is 4.99 Å². The molecule has 1 fully saturated rings. The number of ether oxygens (including phenoxy) is 1. The Morgan fingerprint density at radius 2 is 2.22 bits per heavy atom. The first-order valence-corrected chi connectivity index (χ1v) is 9.86. The smallest absolute Gasteiger partial charge is 0.191 e. The van der Waals surface area contributed by atoms with Gasteiger partial charge >= 0.3 is 0 Å². The van der Waals surface area contributed by atoms with Crippen molar-refractivity contribution in [2.75, 3.05) is 44.8 Å². The average molecular weight is 505 g/mol. The van der Waals surface area contributed by atoms with Crippen molar-refractivity contribution < 1.29 is 4.74 Å². The number of aliphatic imine (C=N–C) groups is 1. The number of para-hydroxylation sites is 1. The first-order chi connectivity index (χ1) is 12.8. The van der Waals surface area contributed by atoms with E-state index in [0.717, 1.165) is 75.2 Å². The minimum atomic E-state index is 0. The highest BCUT2D eigenvalue weighted by atomic mass is 127. The van der Waals surface area contributed by atoms with Gasteiger partial charge in [-0.2, -0.15) is 0 Å². The van der Waals surface area contributed by atoms with E-state index in [9.17, 15) is 0 Å². The van der Waals surface area contributed by atoms with Gasteiger partial charge in [0, 0.05) is 32.7 Å². The third-order valence-corrected chi connectivity index (χ3v) is 5.29. The quantitative estimate of drug-likeness (QED) is 0.277. The van der Waals surface area contributed by atoms with E-state index in [1.165, 1.54) is 5.57 Å². The van der Waals surface area contributed by atoms with Crippen LogP contribution in [0.15, 0.2) is 40.9 Å². The molecule has 0 amide bonds. The third kappa shape index (κ3) is 6.84. The van der Waals surface area contributed by atoms with Gasteiger partial charge in [-0.15, -0.1) is 24.0 Å². The highest BCUT2D eigenvalue weighted by Gasteiger charge is 2.22. The fourth-order valence-corrected chi connectivity index (χ4v) is 3.80. The highest BCUT2D eigenvalue weighted by Crippen LogP contribution is 2.27. The van der Waals surface area contributed by atoms with Crippen molar-refractivity contribution in [3.05, 3.63) is 40.9 Å². The number of nitrogens with zero attached hydrogens (tertiary/aromatic N) is 2. The molecule has 2 aliphatic heterocycles. The molecule has 0 spiro atoms. The molecule has 1 unspecified atom stereocenters. The molecule has 0 radical (unpaired) electrons. The van der Waals surface area contributed by atoms with Crippen molar-refractivity contribution in [3.8, 4) is 0 Å². The average Bonchev–Trinajstić information content (AvgIpc) is 2.68. The van der Waals surface area contributed by atoms with Crippen LogP contribution in [-0.4, -0.2) is 51.9 Å². The topological polar surface area (TPSA) is 48.9 Å². The van der Waals surface area contributed by atoms with Crippen LogP contribution in [0.3, 0.4) is 0 Å². The molecule has 0 aromatic heterocycles. The number of hydrogen-bond donors (Lipinski definition) is 2. The summed E-state index contributed by atoms with van der Waals surface area (Å²) in [6.45, 7) is 4.48. The Kier molecular flexibility index (Phi) is 9.72. The summed E-state index contributed by atoms with van der Waals surface area (Å²) < 4.78 is 5.36. The van der Waals surface area contributed by atoms with E-state index >= 15 is 0 Å². The van der Waals surface area contributed by atoms with Crippen LogP contribution in [0, 0.1) is 0 Å². The standard InChI is InChI=1S/C20H29ClN4O.HI/c1-22-20(23-11-8-16-9-13-26-14-10-16)24-17-5-4-12-25(15-17)19-7-3-2-6-18(19)21;/h2-3,6-7,9,17H,4-5,8,10-15H2,1H3,(H2,22,23,24);1H. The summed E-state index contributed by atoms with van der Waals surface area (Å²) in [5.41, 5.74) is 2.59. The molecule has 7 heteroatoms. The summed E-state index contributed by atoms with van der Waals surface area (Å²) in [6, 6.07) is 8.45. The molecule has 5 nitrogen and oxygen atoms in total. The van der Waals surface area contributed by atoms with Crippen LogP contribution in [0.1, 0.15) is 25.7 Å². The van der Waals surface area contributed by atoms with Gasteiger partial charge in [-0.25, -0.2) is 0 Å². The van der Waals surface area contributed by atoms with Crippen molar-refractivity contribution in [1.29, 1.82) is 0 Å². The third-order valence-electron chi connectivity index (χ3n) is 4.97. The van der Waals surface area contributed by atoms with E-state index in [0.29, 0.717) is 6.04 Å². The second-order valence-corrected chi connectivity index (χ2v) is 7.22. The molecule has 3 rings (SSSR count). The van der Waals surface area contributed by atoms with Crippen LogP contribution < -0.4 is 15.5 Å². The molecule has 1 aromatic rings. The molecular weight excluding hydrogens is 475 g/mol. The first-order valence-electron chi connectivity index (χ1n) is 9.48. The van der Waals surface area contributed by atoms with Gasteiger partial charge in [0.2, 0.25) is 0 Å². The molecule has 1 atom stereocenters. The maximum atomic E-state index is 6.37. The molecule has 1 aromatic carbocycles. The molecule has 2 heterocycles. The lowest BCUT2D eigenvalue weighted by Crippen LogP contribution is -2.51. The minimum absolute atomic E-state index is 0. The van der Waals surface area contributed by atoms with Gasteiger partial charge in [-0.05, 0) is 37.8 Å². The van der Waals surface area contributed by atoms with Crippen LogP contribution in [-0.2, 0) is 4.74 Å². The van der Waals surface area contributed by atoms with Gasteiger partial charge in [0.15, 0.2) is 5.96 Å². The van der Waals surface area contributed by atoms with Crippen LogP contribution in [0.25, 0.3) is 0 Å². The molecular formula is C20H30ClIN4O. The van der Waals surface area contributed by atoms with Crippen LogP contribution >= 0.6 is 35.6 Å². The molecule has 0 saturated carbocycles. The summed E-state index contributed by atoms with van der Waals surface area (Å²) in [4.78, 5) is 6.75. The van der Waals surface area contributed by atoms with Crippen LogP contribution in [0.5, 0.6) is 0 Å². The Labute approximate surface area is 184 Å². The zero-order valence-electron chi connectivity index (χ0n) is 15.9. The van der Waals surface area contributed by atoms with E-state index < -0.39 is 0 Å². The first kappa shape index (κ1) is 22.3. The maximum absolute atomic E-state index is 6.37. The lowest BCUT2D eigenvalue weighted by molar-refractivity contribution is 0.153. The second-order valence-electron chi connectivity index (χ2n) is 6.82. The van der Waals surface area contributed by atoms with Crippen LogP contribution in [0.2, 0.25) is 5.02 Å². The largest absolute Gasteiger partial charge is 0.377 e. The van der Waals surface area contributed by atoms with E-state index in [1.807, 2.05) is 25.2 Å². The lowest BCUT2D eigenvalue weighted by Gasteiger charge is -2.35. The monoisotopic (exact) mass is 504 g/mol. The van der Waals surface area contributed by atoms with Gasteiger partial charge in [0.25, 0.3) is 0 Å². The van der Waals surface area contributed by atoms with E-state index in [1.54, 1.807) is 0 Å². The van der Waals surface area contributed by atoms with Gasteiger partial charge < -0.3 is 20.3 Å². The summed E-state index contributed by atoms with van der Waals surface area (Å²) in [5.74, 6) is 0.878. The summed E-state index contributed by atoms with van der Waals surface area (Å²) in [6.07, 6.45) is 6.57. The Hall–Kier alpha value is -0.990. The summed E-state index contributed by atoms with van der Waals surface area (Å²) >= 11 is 6.37. The van der Waals surface area contributed by atoms with E-state index in [2.05, 4.69) is 32.7 Å². The number of anilines is 1.